The molecule has 6 nitrogen and oxygen atoms in total. The highest BCUT2D eigenvalue weighted by Crippen LogP contribution is 2.16. The fourth-order valence-corrected chi connectivity index (χ4v) is 3.41. The second-order valence-electron chi connectivity index (χ2n) is 7.39. The highest BCUT2D eigenvalue weighted by molar-refractivity contribution is 14.0. The summed E-state index contributed by atoms with van der Waals surface area (Å²) in [5.41, 5.74) is 1.27. The summed E-state index contributed by atoms with van der Waals surface area (Å²) in [6.45, 7) is 10.2. The zero-order valence-electron chi connectivity index (χ0n) is 18.9. The second-order valence-corrected chi connectivity index (χ2v) is 7.39. The van der Waals surface area contributed by atoms with Gasteiger partial charge in [-0.15, -0.1) is 24.0 Å². The van der Waals surface area contributed by atoms with Crippen molar-refractivity contribution in [2.45, 2.75) is 52.1 Å². The van der Waals surface area contributed by atoms with Gasteiger partial charge in [0.1, 0.15) is 5.75 Å². The van der Waals surface area contributed by atoms with Crippen LogP contribution in [0.1, 0.15) is 45.1 Å². The average Bonchev–Trinajstić information content (AvgIpc) is 2.75. The summed E-state index contributed by atoms with van der Waals surface area (Å²) >= 11 is 0. The van der Waals surface area contributed by atoms with Gasteiger partial charge < -0.3 is 24.4 Å². The number of aliphatic imine (C=N–C) groups is 1. The van der Waals surface area contributed by atoms with Gasteiger partial charge in [-0.05, 0) is 56.7 Å². The van der Waals surface area contributed by atoms with Crippen LogP contribution in [0.15, 0.2) is 29.3 Å². The van der Waals surface area contributed by atoms with Gasteiger partial charge in [-0.3, -0.25) is 4.99 Å². The van der Waals surface area contributed by atoms with Crippen molar-refractivity contribution < 1.29 is 14.2 Å². The van der Waals surface area contributed by atoms with Crippen LogP contribution < -0.4 is 10.1 Å². The highest BCUT2D eigenvalue weighted by Gasteiger charge is 2.21. The van der Waals surface area contributed by atoms with E-state index in [9.17, 15) is 0 Å². The van der Waals surface area contributed by atoms with Gasteiger partial charge in [0.05, 0.1) is 12.7 Å². The Labute approximate surface area is 199 Å². The number of hydrogen-bond donors (Lipinski definition) is 1. The van der Waals surface area contributed by atoms with Gasteiger partial charge in [-0.2, -0.15) is 0 Å². The summed E-state index contributed by atoms with van der Waals surface area (Å²) < 4.78 is 16.8. The van der Waals surface area contributed by atoms with E-state index in [4.69, 9.17) is 19.2 Å². The lowest BCUT2D eigenvalue weighted by Gasteiger charge is -2.34. The van der Waals surface area contributed by atoms with E-state index in [0.717, 1.165) is 89.8 Å². The Morgan fingerprint density at radius 2 is 1.97 bits per heavy atom. The summed E-state index contributed by atoms with van der Waals surface area (Å²) in [4.78, 5) is 7.23. The van der Waals surface area contributed by atoms with E-state index in [1.165, 1.54) is 5.56 Å². The molecule has 1 N–H and O–H groups in total. The first-order valence-corrected chi connectivity index (χ1v) is 11.1. The number of likely N-dealkylation sites (tertiary alicyclic amines) is 1. The summed E-state index contributed by atoms with van der Waals surface area (Å²) in [5, 5.41) is 3.45. The number of rotatable bonds is 12. The smallest absolute Gasteiger partial charge is 0.193 e. The van der Waals surface area contributed by atoms with E-state index in [2.05, 4.69) is 42.3 Å². The van der Waals surface area contributed by atoms with Gasteiger partial charge in [0, 0.05) is 46.5 Å². The van der Waals surface area contributed by atoms with Gasteiger partial charge in [0.15, 0.2) is 5.96 Å². The molecule has 1 fully saturated rings. The Kier molecular flexibility index (Phi) is 14.9. The van der Waals surface area contributed by atoms with E-state index in [-0.39, 0.29) is 24.0 Å². The standard InChI is InChI=1S/C23H39N3O3.HI/c1-4-16-28-22-9-6-8-20(19-22)10-13-25-23(24-5-2)26-14-11-21(12-15-26)29-18-7-17-27-3;/h6,8-9,19,21H,4-5,7,10-18H2,1-3H3,(H,24,25);1H. The van der Waals surface area contributed by atoms with Crippen LogP contribution in [0.25, 0.3) is 0 Å². The number of piperidine rings is 1. The topological polar surface area (TPSA) is 55.3 Å². The number of nitrogens with zero attached hydrogens (tertiary/aromatic N) is 2. The Hall–Kier alpha value is -1.06. The molecule has 0 amide bonds. The molecule has 0 atom stereocenters. The van der Waals surface area contributed by atoms with Crippen LogP contribution in [0.3, 0.4) is 0 Å². The van der Waals surface area contributed by atoms with E-state index in [1.807, 2.05) is 6.07 Å². The predicted octanol–water partition coefficient (Wildman–Crippen LogP) is 4.12. The van der Waals surface area contributed by atoms with Crippen molar-refractivity contribution in [3.8, 4) is 5.75 Å². The van der Waals surface area contributed by atoms with Crippen molar-refractivity contribution in [3.05, 3.63) is 29.8 Å². The summed E-state index contributed by atoms with van der Waals surface area (Å²) in [5.74, 6) is 1.97. The first-order valence-electron chi connectivity index (χ1n) is 11.1. The number of methoxy groups -OCH3 is 1. The van der Waals surface area contributed by atoms with Crippen LogP contribution in [0, 0.1) is 0 Å². The minimum Gasteiger partial charge on any atom is -0.494 e. The van der Waals surface area contributed by atoms with Crippen molar-refractivity contribution in [1.29, 1.82) is 0 Å². The fraction of sp³-hybridized carbons (Fsp3) is 0.696. The second kappa shape index (κ2) is 16.6. The molecule has 1 aromatic rings. The van der Waals surface area contributed by atoms with Crippen LogP contribution in [0.5, 0.6) is 5.75 Å². The molecule has 172 valence electrons. The first-order chi connectivity index (χ1) is 14.3. The molecule has 1 heterocycles. The number of benzene rings is 1. The molecule has 0 radical (unpaired) electrons. The average molecular weight is 533 g/mol. The van der Waals surface area contributed by atoms with Crippen LogP contribution in [-0.2, 0) is 15.9 Å². The van der Waals surface area contributed by atoms with Gasteiger partial charge >= 0.3 is 0 Å². The van der Waals surface area contributed by atoms with Crippen molar-refractivity contribution in [3.63, 3.8) is 0 Å². The Morgan fingerprint density at radius 1 is 1.17 bits per heavy atom. The molecular weight excluding hydrogens is 493 g/mol. The first kappa shape index (κ1) is 27.0. The minimum atomic E-state index is 0. The normalized spacial score (nSPS) is 15.0. The van der Waals surface area contributed by atoms with Gasteiger partial charge in [0.25, 0.3) is 0 Å². The van der Waals surface area contributed by atoms with Crippen LogP contribution in [-0.4, -0.2) is 70.1 Å². The maximum Gasteiger partial charge on any atom is 0.193 e. The third kappa shape index (κ3) is 10.3. The van der Waals surface area contributed by atoms with Crippen molar-refractivity contribution in [1.82, 2.24) is 10.2 Å². The maximum absolute atomic E-state index is 5.97. The van der Waals surface area contributed by atoms with Crippen LogP contribution >= 0.6 is 24.0 Å². The number of guanidine groups is 1. The summed E-state index contributed by atoms with van der Waals surface area (Å²) in [7, 11) is 1.73. The maximum atomic E-state index is 5.97. The van der Waals surface area contributed by atoms with E-state index in [0.29, 0.717) is 6.10 Å². The molecule has 1 saturated heterocycles. The van der Waals surface area contributed by atoms with Crippen LogP contribution in [0.4, 0.5) is 0 Å². The lowest BCUT2D eigenvalue weighted by atomic mass is 10.1. The lowest BCUT2D eigenvalue weighted by molar-refractivity contribution is 0.00991. The molecule has 0 bridgehead atoms. The third-order valence-electron chi connectivity index (χ3n) is 4.96. The van der Waals surface area contributed by atoms with E-state index < -0.39 is 0 Å². The molecule has 0 saturated carbocycles. The molecule has 1 aliphatic rings. The summed E-state index contributed by atoms with van der Waals surface area (Å²) in [6, 6.07) is 8.36. The Bertz CT molecular complexity index is 593. The Morgan fingerprint density at radius 3 is 2.67 bits per heavy atom. The Balaban J connectivity index is 0.00000450. The molecule has 2 rings (SSSR count). The number of hydrogen-bond acceptors (Lipinski definition) is 4. The van der Waals surface area contributed by atoms with Gasteiger partial charge in [0.2, 0.25) is 0 Å². The highest BCUT2D eigenvalue weighted by atomic mass is 127. The van der Waals surface area contributed by atoms with Crippen molar-refractivity contribution in [2.75, 3.05) is 53.1 Å². The van der Waals surface area contributed by atoms with Crippen LogP contribution in [0.2, 0.25) is 0 Å². The van der Waals surface area contributed by atoms with Crippen molar-refractivity contribution in [2.24, 2.45) is 4.99 Å². The minimum absolute atomic E-state index is 0. The monoisotopic (exact) mass is 533 g/mol. The number of nitrogens with one attached hydrogen (secondary N) is 1. The number of halogens is 1. The van der Waals surface area contributed by atoms with E-state index in [1.54, 1.807) is 7.11 Å². The van der Waals surface area contributed by atoms with Gasteiger partial charge in [-0.25, -0.2) is 0 Å². The van der Waals surface area contributed by atoms with E-state index >= 15 is 0 Å². The molecule has 1 aromatic carbocycles. The molecule has 0 aliphatic carbocycles. The molecule has 0 aromatic heterocycles. The largest absolute Gasteiger partial charge is 0.494 e. The summed E-state index contributed by atoms with van der Waals surface area (Å²) in [6.07, 6.45) is 5.36. The third-order valence-corrected chi connectivity index (χ3v) is 4.96. The number of ether oxygens (including phenoxy) is 3. The fourth-order valence-electron chi connectivity index (χ4n) is 3.41. The molecule has 0 unspecified atom stereocenters. The SMILES string of the molecule is CCCOc1cccc(CCN=C(NCC)N2CCC(OCCCOC)CC2)c1.I. The predicted molar refractivity (Wildman–Crippen MR) is 134 cm³/mol. The zero-order chi connectivity index (χ0) is 20.7. The molecule has 30 heavy (non-hydrogen) atoms. The van der Waals surface area contributed by atoms with Gasteiger partial charge in [-0.1, -0.05) is 19.1 Å². The zero-order valence-corrected chi connectivity index (χ0v) is 21.2. The molecule has 1 aliphatic heterocycles. The lowest BCUT2D eigenvalue weighted by Crippen LogP contribution is -2.47. The molecule has 7 heteroatoms. The van der Waals surface area contributed by atoms with Crippen molar-refractivity contribution >= 4 is 29.9 Å². The quantitative estimate of drug-likeness (QED) is 0.190. The molecule has 0 spiro atoms. The molecular formula is C23H40IN3O3.